The highest BCUT2D eigenvalue weighted by molar-refractivity contribution is 6.30. The molecule has 1 unspecified atom stereocenters. The Morgan fingerprint density at radius 1 is 1.15 bits per heavy atom. The van der Waals surface area contributed by atoms with Crippen LogP contribution in [0.2, 0.25) is 5.02 Å². The summed E-state index contributed by atoms with van der Waals surface area (Å²) in [6.45, 7) is 8.55. The van der Waals surface area contributed by atoms with Crippen molar-refractivity contribution < 1.29 is 23.4 Å². The number of halogens is 2. The van der Waals surface area contributed by atoms with Crippen LogP contribution in [0.15, 0.2) is 36.4 Å². The summed E-state index contributed by atoms with van der Waals surface area (Å²) < 4.78 is 32.7. The molecule has 2 fully saturated rings. The minimum Gasteiger partial charge on any atom is -0.444 e. The molecule has 6 nitrogen and oxygen atoms in total. The summed E-state index contributed by atoms with van der Waals surface area (Å²) in [7, 11) is 0. The van der Waals surface area contributed by atoms with E-state index in [1.165, 1.54) is 6.07 Å². The van der Waals surface area contributed by atoms with E-state index in [0.717, 1.165) is 18.5 Å². The molecule has 0 radical (unpaired) electrons. The van der Waals surface area contributed by atoms with Crippen LogP contribution in [0, 0.1) is 5.82 Å². The maximum Gasteiger partial charge on any atom is 0.410 e. The Morgan fingerprint density at radius 2 is 1.91 bits per heavy atom. The molecule has 3 aliphatic rings. The highest BCUT2D eigenvalue weighted by atomic mass is 35.5. The summed E-state index contributed by atoms with van der Waals surface area (Å²) in [4.78, 5) is 16.9. The highest BCUT2D eigenvalue weighted by Gasteiger charge is 2.48. The Labute approximate surface area is 198 Å². The van der Waals surface area contributed by atoms with Crippen molar-refractivity contribution in [3.63, 3.8) is 0 Å². The van der Waals surface area contributed by atoms with Gasteiger partial charge in [0.15, 0.2) is 11.5 Å². The van der Waals surface area contributed by atoms with Crippen molar-refractivity contribution in [3.8, 4) is 11.5 Å². The lowest BCUT2D eigenvalue weighted by molar-refractivity contribution is -0.0706. The molecule has 0 N–H and O–H groups in total. The molecular weight excluding hydrogens is 447 g/mol. The molecule has 0 bridgehead atoms. The van der Waals surface area contributed by atoms with E-state index in [2.05, 4.69) is 4.90 Å². The van der Waals surface area contributed by atoms with Gasteiger partial charge in [-0.2, -0.15) is 0 Å². The molecule has 0 spiro atoms. The molecule has 1 amide bonds. The van der Waals surface area contributed by atoms with Crippen LogP contribution in [0.1, 0.15) is 46.1 Å². The van der Waals surface area contributed by atoms with Crippen molar-refractivity contribution in [1.29, 1.82) is 0 Å². The number of anilines is 1. The molecule has 3 atom stereocenters. The van der Waals surface area contributed by atoms with Crippen molar-refractivity contribution in [3.05, 3.63) is 52.8 Å². The van der Waals surface area contributed by atoms with Gasteiger partial charge in [0.05, 0.1) is 17.3 Å². The van der Waals surface area contributed by atoms with Gasteiger partial charge in [0.1, 0.15) is 11.4 Å². The molecule has 0 aromatic heterocycles. The van der Waals surface area contributed by atoms with Crippen LogP contribution in [-0.4, -0.2) is 41.8 Å². The number of carbonyl (C=O) groups excluding carboxylic acids is 1. The second-order valence-corrected chi connectivity index (χ2v) is 10.4. The molecule has 8 heteroatoms. The van der Waals surface area contributed by atoms with Crippen molar-refractivity contribution in [2.24, 2.45) is 0 Å². The Kier molecular flexibility index (Phi) is 5.16. The van der Waals surface area contributed by atoms with Crippen LogP contribution in [-0.2, 0) is 10.5 Å². The van der Waals surface area contributed by atoms with Crippen molar-refractivity contribution in [1.82, 2.24) is 4.90 Å². The largest absolute Gasteiger partial charge is 0.444 e. The number of nitrogens with zero attached hydrogens (tertiary/aromatic N) is 2. The number of hydrogen-bond donors (Lipinski definition) is 0. The van der Waals surface area contributed by atoms with E-state index in [0.29, 0.717) is 29.6 Å². The number of piperazine rings is 1. The summed E-state index contributed by atoms with van der Waals surface area (Å²) in [6.07, 6.45) is 1.64. The number of fused-ring (bicyclic) bond motifs is 2. The Hall–Kier alpha value is -2.67. The summed E-state index contributed by atoms with van der Waals surface area (Å²) in [5.74, 6) is -0.630. The predicted molar refractivity (Wildman–Crippen MR) is 124 cm³/mol. The molecule has 1 aliphatic carbocycles. The van der Waals surface area contributed by atoms with E-state index in [-0.39, 0.29) is 23.7 Å². The van der Waals surface area contributed by atoms with Gasteiger partial charge in [-0.1, -0.05) is 17.7 Å². The SMILES string of the molecule is CC(C)(C)OC(=O)N1CCN(c2cccc3c2OC(C)(c2ccc(Cl)cc2F)O3)[C@@H]2CC[C@H]21. The van der Waals surface area contributed by atoms with Gasteiger partial charge >= 0.3 is 6.09 Å². The monoisotopic (exact) mass is 474 g/mol. The maximum atomic E-state index is 14.7. The van der Waals surface area contributed by atoms with Crippen molar-refractivity contribution >= 4 is 23.4 Å². The molecule has 1 saturated heterocycles. The first-order valence-electron chi connectivity index (χ1n) is 11.3. The Balaban J connectivity index is 1.40. The van der Waals surface area contributed by atoms with Gasteiger partial charge in [-0.25, -0.2) is 9.18 Å². The zero-order chi connectivity index (χ0) is 23.5. The van der Waals surface area contributed by atoms with Gasteiger partial charge in [-0.3, -0.25) is 0 Å². The molecule has 2 heterocycles. The highest BCUT2D eigenvalue weighted by Crippen LogP contribution is 2.51. The van der Waals surface area contributed by atoms with Crippen molar-refractivity contribution in [2.75, 3.05) is 18.0 Å². The third-order valence-corrected chi connectivity index (χ3v) is 6.74. The van der Waals surface area contributed by atoms with Gasteiger partial charge in [0, 0.05) is 31.1 Å². The van der Waals surface area contributed by atoms with E-state index in [1.807, 2.05) is 43.9 Å². The fraction of sp³-hybridized carbons (Fsp3) is 0.480. The van der Waals surface area contributed by atoms with Crippen LogP contribution < -0.4 is 14.4 Å². The first-order chi connectivity index (χ1) is 15.6. The van der Waals surface area contributed by atoms with E-state index in [4.69, 9.17) is 25.8 Å². The second-order valence-electron chi connectivity index (χ2n) is 9.96. The predicted octanol–water partition coefficient (Wildman–Crippen LogP) is 5.71. The number of benzene rings is 2. The average molecular weight is 475 g/mol. The summed E-state index contributed by atoms with van der Waals surface area (Å²) in [5.41, 5.74) is 0.648. The van der Waals surface area contributed by atoms with Gasteiger partial charge in [0.25, 0.3) is 5.79 Å². The summed E-state index contributed by atoms with van der Waals surface area (Å²) >= 11 is 5.93. The molecule has 33 heavy (non-hydrogen) atoms. The number of carbonyl (C=O) groups is 1. The van der Waals surface area contributed by atoms with Gasteiger partial charge in [-0.05, 0) is 63.9 Å². The van der Waals surface area contributed by atoms with Crippen LogP contribution >= 0.6 is 11.6 Å². The maximum absolute atomic E-state index is 14.7. The molecule has 2 aromatic rings. The third kappa shape index (κ3) is 3.86. The fourth-order valence-corrected chi connectivity index (χ4v) is 5.05. The van der Waals surface area contributed by atoms with Crippen molar-refractivity contribution in [2.45, 2.75) is 64.0 Å². The number of amides is 1. The average Bonchev–Trinajstić information content (AvgIpc) is 3.03. The fourth-order valence-electron chi connectivity index (χ4n) is 4.89. The molecule has 2 aromatic carbocycles. The van der Waals surface area contributed by atoms with E-state index in [1.54, 1.807) is 19.1 Å². The lowest BCUT2D eigenvalue weighted by Gasteiger charge is -2.54. The topological polar surface area (TPSA) is 51.2 Å². The molecular formula is C25H28ClFN2O4. The van der Waals surface area contributed by atoms with Crippen LogP contribution in [0.4, 0.5) is 14.9 Å². The number of para-hydroxylation sites is 1. The molecule has 5 rings (SSSR count). The van der Waals surface area contributed by atoms with E-state index < -0.39 is 17.2 Å². The number of rotatable bonds is 2. The zero-order valence-corrected chi connectivity index (χ0v) is 20.0. The summed E-state index contributed by atoms with van der Waals surface area (Å²) in [6, 6.07) is 10.5. The molecule has 1 saturated carbocycles. The first-order valence-corrected chi connectivity index (χ1v) is 11.7. The normalized spacial score (nSPS) is 26.0. The first kappa shape index (κ1) is 22.1. The standard InChI is InChI=1S/C25H28ClFN2O4/c1-24(2,3)33-23(30)29-13-12-28(18-10-11-19(18)29)20-6-5-7-21-22(20)32-25(4,31-21)16-9-8-15(26)14-17(16)27/h5-9,14,18-19H,10-13H2,1-4H3/t18-,19-,25?/m1/s1. The van der Waals surface area contributed by atoms with Crippen LogP contribution in [0.5, 0.6) is 11.5 Å². The third-order valence-electron chi connectivity index (χ3n) is 6.50. The summed E-state index contributed by atoms with van der Waals surface area (Å²) in [5, 5.41) is 0.315. The van der Waals surface area contributed by atoms with E-state index in [9.17, 15) is 9.18 Å². The Morgan fingerprint density at radius 3 is 2.58 bits per heavy atom. The number of hydrogen-bond acceptors (Lipinski definition) is 5. The number of ether oxygens (including phenoxy) is 3. The van der Waals surface area contributed by atoms with Gasteiger partial charge in [0.2, 0.25) is 0 Å². The molecule has 176 valence electrons. The smallest absolute Gasteiger partial charge is 0.410 e. The zero-order valence-electron chi connectivity index (χ0n) is 19.2. The van der Waals surface area contributed by atoms with Crippen LogP contribution in [0.25, 0.3) is 0 Å². The quantitative estimate of drug-likeness (QED) is 0.558. The minimum absolute atomic E-state index is 0.0897. The lowest BCUT2D eigenvalue weighted by Crippen LogP contribution is -2.66. The van der Waals surface area contributed by atoms with Gasteiger partial charge < -0.3 is 24.0 Å². The van der Waals surface area contributed by atoms with Gasteiger partial charge in [-0.15, -0.1) is 0 Å². The van der Waals surface area contributed by atoms with E-state index >= 15 is 0 Å². The van der Waals surface area contributed by atoms with Crippen LogP contribution in [0.3, 0.4) is 0 Å². The minimum atomic E-state index is -1.30. The molecule has 2 aliphatic heterocycles. The lowest BCUT2D eigenvalue weighted by atomic mass is 9.81. The second kappa shape index (κ2) is 7.69. The Bertz CT molecular complexity index is 1100.